The number of amides is 2. The molecule has 0 spiro atoms. The number of carbonyl (C=O) groups excluding carboxylic acids is 2. The third kappa shape index (κ3) is 8.58. The molecule has 4 aromatic rings. The summed E-state index contributed by atoms with van der Waals surface area (Å²) in [5.74, 6) is 0.375. The van der Waals surface area contributed by atoms with Crippen molar-refractivity contribution in [3.05, 3.63) is 36.3 Å². The number of pyridine rings is 2. The van der Waals surface area contributed by atoms with Crippen LogP contribution in [-0.2, 0) is 26.0 Å². The van der Waals surface area contributed by atoms with Crippen LogP contribution in [0.2, 0.25) is 0 Å². The maximum absolute atomic E-state index is 13.0. The lowest BCUT2D eigenvalue weighted by Crippen LogP contribution is -2.35. The van der Waals surface area contributed by atoms with Crippen molar-refractivity contribution >= 4 is 40.1 Å². The van der Waals surface area contributed by atoms with Crippen molar-refractivity contribution in [3.8, 4) is 11.4 Å². The first-order valence-electron chi connectivity index (χ1n) is 16.2. The van der Waals surface area contributed by atoms with Crippen LogP contribution >= 0.6 is 0 Å². The number of imidazole rings is 1. The van der Waals surface area contributed by atoms with Gasteiger partial charge in [0.05, 0.1) is 35.0 Å². The number of anilines is 1. The molecule has 254 valence electrons. The third-order valence-corrected chi connectivity index (χ3v) is 7.58. The lowest BCUT2D eigenvalue weighted by atomic mass is 10.1. The number of fused-ring (bicyclic) bond motifs is 3. The van der Waals surface area contributed by atoms with E-state index < -0.39 is 29.4 Å². The third-order valence-electron chi connectivity index (χ3n) is 7.58. The van der Waals surface area contributed by atoms with E-state index in [-0.39, 0.29) is 6.29 Å². The summed E-state index contributed by atoms with van der Waals surface area (Å²) in [6, 6.07) is 7.26. The number of ether oxygens (including phenoxy) is 4. The van der Waals surface area contributed by atoms with E-state index in [0.29, 0.717) is 47.8 Å². The van der Waals surface area contributed by atoms with Crippen LogP contribution in [0.25, 0.3) is 33.5 Å². The molecule has 47 heavy (non-hydrogen) atoms. The molecule has 0 radical (unpaired) electrons. The molecular weight excluding hydrogens is 602 g/mol. The fourth-order valence-electron chi connectivity index (χ4n) is 5.46. The second-order valence-corrected chi connectivity index (χ2v) is 13.9. The molecule has 1 aliphatic heterocycles. The van der Waals surface area contributed by atoms with Gasteiger partial charge >= 0.3 is 12.2 Å². The molecule has 1 aliphatic rings. The highest BCUT2D eigenvalue weighted by atomic mass is 16.7. The van der Waals surface area contributed by atoms with E-state index in [0.717, 1.165) is 42.5 Å². The van der Waals surface area contributed by atoms with Crippen LogP contribution in [0.4, 0.5) is 15.4 Å². The molecule has 1 saturated heterocycles. The number of hydrogen-bond donors (Lipinski definition) is 2. The molecule has 13 heteroatoms. The molecule has 5 heterocycles. The number of hydrogen-bond acceptors (Lipinski definition) is 9. The summed E-state index contributed by atoms with van der Waals surface area (Å²) in [6.07, 6.45) is 4.82. The van der Waals surface area contributed by atoms with Crippen LogP contribution in [-0.4, -0.2) is 74.4 Å². The summed E-state index contributed by atoms with van der Waals surface area (Å²) < 4.78 is 24.7. The predicted molar refractivity (Wildman–Crippen MR) is 179 cm³/mol. The largest absolute Gasteiger partial charge is 0.444 e. The molecule has 2 N–H and O–H groups in total. The van der Waals surface area contributed by atoms with Crippen LogP contribution < -0.4 is 10.2 Å². The van der Waals surface area contributed by atoms with E-state index in [1.165, 1.54) is 4.90 Å². The first-order chi connectivity index (χ1) is 22.2. The molecule has 0 aliphatic carbocycles. The van der Waals surface area contributed by atoms with Crippen molar-refractivity contribution in [2.24, 2.45) is 7.05 Å². The Morgan fingerprint density at radius 2 is 1.89 bits per heavy atom. The topological polar surface area (TPSA) is 146 Å². The number of alkyl carbamates (subject to hydrolysis) is 1. The van der Waals surface area contributed by atoms with E-state index in [1.807, 2.05) is 77.4 Å². The zero-order valence-electron chi connectivity index (χ0n) is 28.7. The fourth-order valence-corrected chi connectivity index (χ4v) is 5.46. The minimum atomic E-state index is -0.665. The molecule has 4 aromatic heterocycles. The maximum Gasteiger partial charge on any atom is 0.415 e. The lowest BCUT2D eigenvalue weighted by Gasteiger charge is -2.25. The van der Waals surface area contributed by atoms with E-state index in [4.69, 9.17) is 28.9 Å². The van der Waals surface area contributed by atoms with Gasteiger partial charge in [-0.3, -0.25) is 4.90 Å². The van der Waals surface area contributed by atoms with Gasteiger partial charge in [-0.05, 0) is 91.8 Å². The zero-order valence-corrected chi connectivity index (χ0v) is 28.7. The second kappa shape index (κ2) is 13.9. The Hall–Kier alpha value is -4.23. The highest BCUT2D eigenvalue weighted by Gasteiger charge is 2.26. The number of nitrogens with one attached hydrogen (secondary N) is 2. The molecule has 5 rings (SSSR count). The predicted octanol–water partition coefficient (Wildman–Crippen LogP) is 6.77. The van der Waals surface area contributed by atoms with Gasteiger partial charge in [0.15, 0.2) is 12.1 Å². The Morgan fingerprint density at radius 1 is 1.13 bits per heavy atom. The number of aromatic nitrogens is 5. The van der Waals surface area contributed by atoms with Crippen molar-refractivity contribution in [1.82, 2.24) is 29.8 Å². The van der Waals surface area contributed by atoms with Gasteiger partial charge in [-0.2, -0.15) is 0 Å². The number of H-pyrrole nitrogens is 1. The number of rotatable bonds is 9. The molecule has 1 unspecified atom stereocenters. The quantitative estimate of drug-likeness (QED) is 0.188. The van der Waals surface area contributed by atoms with Crippen LogP contribution in [0.3, 0.4) is 0 Å². The van der Waals surface area contributed by atoms with Gasteiger partial charge in [-0.15, -0.1) is 0 Å². The summed E-state index contributed by atoms with van der Waals surface area (Å²) in [7, 11) is 3.52. The van der Waals surface area contributed by atoms with Gasteiger partial charge in [0.2, 0.25) is 0 Å². The normalized spacial score (nSPS) is 16.3. The van der Waals surface area contributed by atoms with Crippen LogP contribution in [0.15, 0.2) is 30.6 Å². The van der Waals surface area contributed by atoms with Gasteiger partial charge in [0.1, 0.15) is 22.4 Å². The zero-order chi connectivity index (χ0) is 33.9. The first kappa shape index (κ1) is 34.1. The minimum absolute atomic E-state index is 0.173. The van der Waals surface area contributed by atoms with Crippen LogP contribution in [0, 0.1) is 0 Å². The summed E-state index contributed by atoms with van der Waals surface area (Å²) in [5.41, 5.74) is 2.72. The highest BCUT2D eigenvalue weighted by molar-refractivity contribution is 6.09. The molecular formula is C34H47N7O6. The standard InChI is InChI=1S/C34H47N7O6/c1-33(2,3)46-31(42)38-23(15-12-18-45-26-16-9-10-17-44-26)22-13-11-14-24(36-22)25-19-21-28-27(35-20-40(28)7)30(39-29(21)37-25)41(8)32(43)47-34(4,5)6/h11,13-14,19-20,23,26H,9-10,12,15-18H2,1-8H3,(H,37,39)(H,38,42)/t23-,26?/m0/s1. The summed E-state index contributed by atoms with van der Waals surface area (Å²) in [6.45, 7) is 12.2. The number of aryl methyl sites for hydroxylation is 1. The molecule has 13 nitrogen and oxygen atoms in total. The first-order valence-corrected chi connectivity index (χ1v) is 16.2. The second-order valence-electron chi connectivity index (χ2n) is 13.9. The van der Waals surface area contributed by atoms with Gasteiger partial charge < -0.3 is 33.8 Å². The fraction of sp³-hybridized carbons (Fsp3) is 0.559. The lowest BCUT2D eigenvalue weighted by molar-refractivity contribution is -0.163. The van der Waals surface area contributed by atoms with Crippen LogP contribution in [0.1, 0.15) is 85.4 Å². The molecule has 1 fully saturated rings. The molecule has 0 bridgehead atoms. The smallest absolute Gasteiger partial charge is 0.415 e. The van der Waals surface area contributed by atoms with E-state index in [2.05, 4.69) is 15.3 Å². The van der Waals surface area contributed by atoms with Crippen molar-refractivity contribution in [2.75, 3.05) is 25.2 Å². The van der Waals surface area contributed by atoms with Gasteiger partial charge in [0, 0.05) is 32.7 Å². The molecule has 0 aromatic carbocycles. The van der Waals surface area contributed by atoms with Crippen LogP contribution in [0.5, 0.6) is 0 Å². The van der Waals surface area contributed by atoms with Gasteiger partial charge in [-0.25, -0.2) is 24.5 Å². The van der Waals surface area contributed by atoms with Crippen molar-refractivity contribution in [1.29, 1.82) is 0 Å². The molecule has 2 amide bonds. The Labute approximate surface area is 275 Å². The number of aromatic amines is 1. The van der Waals surface area contributed by atoms with Gasteiger partial charge in [0.25, 0.3) is 0 Å². The summed E-state index contributed by atoms with van der Waals surface area (Å²) >= 11 is 0. The van der Waals surface area contributed by atoms with Crippen molar-refractivity contribution in [3.63, 3.8) is 0 Å². The monoisotopic (exact) mass is 649 g/mol. The van der Waals surface area contributed by atoms with E-state index in [9.17, 15) is 9.59 Å². The van der Waals surface area contributed by atoms with E-state index in [1.54, 1.807) is 13.4 Å². The number of nitrogens with zero attached hydrogens (tertiary/aromatic N) is 5. The summed E-state index contributed by atoms with van der Waals surface area (Å²) in [4.78, 5) is 44.9. The molecule has 2 atom stereocenters. The SMILES string of the molecule is CN(C(=O)OC(C)(C)C)c1nc2[nH]c(-c3cccc([C@H](CCCOC4CCCCO4)NC(=O)OC(C)(C)C)n3)cc2c2c1ncn2C. The Kier molecular flexibility index (Phi) is 10.1. The molecule has 0 saturated carbocycles. The minimum Gasteiger partial charge on any atom is -0.444 e. The van der Waals surface area contributed by atoms with E-state index >= 15 is 0 Å². The van der Waals surface area contributed by atoms with Crippen molar-refractivity contribution in [2.45, 2.75) is 97.2 Å². The van der Waals surface area contributed by atoms with Crippen molar-refractivity contribution < 1.29 is 28.5 Å². The Morgan fingerprint density at radius 3 is 2.60 bits per heavy atom. The Balaban J connectivity index is 1.43. The summed E-state index contributed by atoms with van der Waals surface area (Å²) in [5, 5.41) is 3.84. The average molecular weight is 650 g/mol. The van der Waals surface area contributed by atoms with Gasteiger partial charge in [-0.1, -0.05) is 6.07 Å². The highest BCUT2D eigenvalue weighted by Crippen LogP contribution is 2.33. The number of carbonyl (C=O) groups is 2. The average Bonchev–Trinajstić information content (AvgIpc) is 3.60. The maximum atomic E-state index is 13.0. The Bertz CT molecular complexity index is 1710.